The van der Waals surface area contributed by atoms with E-state index in [9.17, 15) is 0 Å². The van der Waals surface area contributed by atoms with Gasteiger partial charge in [0.1, 0.15) is 10.3 Å². The number of hydrogen-bond acceptors (Lipinski definition) is 1. The smallest absolute Gasteiger partial charge is 0.147 e. The predicted octanol–water partition coefficient (Wildman–Crippen LogP) is 2.26. The summed E-state index contributed by atoms with van der Waals surface area (Å²) in [6.45, 7) is 2.22. The Kier molecular flexibility index (Phi) is 4.36. The van der Waals surface area contributed by atoms with Crippen LogP contribution in [-0.2, 0) is 6.42 Å². The number of thiophene rings is 1. The van der Waals surface area contributed by atoms with Crippen molar-refractivity contribution in [3.05, 3.63) is 22.4 Å². The normalized spacial score (nSPS) is 8.56. The van der Waals surface area contributed by atoms with Crippen molar-refractivity contribution in [1.29, 1.82) is 0 Å². The second kappa shape index (κ2) is 4.53. The SMILES string of the molecule is CCCc1ccc[sH+]1.[OH-]. The highest BCUT2D eigenvalue weighted by molar-refractivity contribution is 7.09. The van der Waals surface area contributed by atoms with Crippen LogP contribution in [0.25, 0.3) is 0 Å². The van der Waals surface area contributed by atoms with Crippen LogP contribution < -0.4 is 0 Å². The molecular formula is C7H12OS. The summed E-state index contributed by atoms with van der Waals surface area (Å²) < 4.78 is 0. The van der Waals surface area contributed by atoms with Crippen LogP contribution >= 0.6 is 11.3 Å². The third-order valence-electron chi connectivity index (χ3n) is 1.12. The molecule has 1 nitrogen and oxygen atoms in total. The first-order valence-electron chi connectivity index (χ1n) is 3.00. The first-order valence-corrected chi connectivity index (χ1v) is 3.96. The molecule has 0 spiro atoms. The molecule has 0 amide bonds. The fourth-order valence-electron chi connectivity index (χ4n) is 0.740. The lowest BCUT2D eigenvalue weighted by Gasteiger charge is -1.79. The summed E-state index contributed by atoms with van der Waals surface area (Å²) in [6.07, 6.45) is 2.55. The summed E-state index contributed by atoms with van der Waals surface area (Å²) in [5, 5.41) is 2.19. The van der Waals surface area contributed by atoms with Crippen molar-refractivity contribution in [2.75, 3.05) is 0 Å². The molecule has 0 radical (unpaired) electrons. The van der Waals surface area contributed by atoms with Crippen LogP contribution in [0.5, 0.6) is 0 Å². The Balaban J connectivity index is 0.000000640. The molecule has 1 rings (SSSR count). The second-order valence-corrected chi connectivity index (χ2v) is 3.01. The molecule has 1 N–H and O–H groups in total. The summed E-state index contributed by atoms with van der Waals surface area (Å²) >= 11 is 1.42. The van der Waals surface area contributed by atoms with E-state index in [-0.39, 0.29) is 5.48 Å². The molecule has 0 aliphatic rings. The van der Waals surface area contributed by atoms with E-state index in [0.29, 0.717) is 0 Å². The minimum atomic E-state index is 0. The molecule has 0 saturated carbocycles. The van der Waals surface area contributed by atoms with Gasteiger partial charge in [0.2, 0.25) is 0 Å². The molecule has 0 aliphatic heterocycles. The van der Waals surface area contributed by atoms with Gasteiger partial charge >= 0.3 is 0 Å². The van der Waals surface area contributed by atoms with Gasteiger partial charge in [-0.25, -0.2) is 0 Å². The van der Waals surface area contributed by atoms with Crippen LogP contribution in [0.15, 0.2) is 17.5 Å². The molecule has 0 fully saturated rings. The van der Waals surface area contributed by atoms with Crippen molar-refractivity contribution in [1.82, 2.24) is 0 Å². The maximum Gasteiger partial charge on any atom is 0.147 e. The molecular weight excluding hydrogens is 132 g/mol. The van der Waals surface area contributed by atoms with Gasteiger partial charge in [-0.1, -0.05) is 6.92 Å². The largest absolute Gasteiger partial charge is 0.870 e. The van der Waals surface area contributed by atoms with Crippen molar-refractivity contribution >= 4 is 11.3 Å². The Morgan fingerprint density at radius 3 is 2.78 bits per heavy atom. The average Bonchev–Trinajstić information content (AvgIpc) is 2.19. The third-order valence-corrected chi connectivity index (χ3v) is 2.15. The van der Waals surface area contributed by atoms with E-state index in [4.69, 9.17) is 0 Å². The molecule has 0 unspecified atom stereocenters. The van der Waals surface area contributed by atoms with Crippen LogP contribution in [-0.4, -0.2) is 5.48 Å². The van der Waals surface area contributed by atoms with Gasteiger partial charge in [0.05, 0.1) is 0 Å². The second-order valence-electron chi connectivity index (χ2n) is 1.88. The van der Waals surface area contributed by atoms with E-state index in [1.165, 1.54) is 24.2 Å². The van der Waals surface area contributed by atoms with Crippen molar-refractivity contribution in [3.8, 4) is 0 Å². The van der Waals surface area contributed by atoms with Crippen molar-refractivity contribution in [2.24, 2.45) is 0 Å². The summed E-state index contributed by atoms with van der Waals surface area (Å²) in [5.41, 5.74) is 0. The monoisotopic (exact) mass is 144 g/mol. The fourth-order valence-corrected chi connectivity index (χ4v) is 1.63. The zero-order valence-corrected chi connectivity index (χ0v) is 6.44. The Hall–Kier alpha value is -0.340. The lowest BCUT2D eigenvalue weighted by Crippen LogP contribution is -1.71. The topological polar surface area (TPSA) is 30.0 Å². The average molecular weight is 144 g/mol. The Morgan fingerprint density at radius 1 is 1.56 bits per heavy atom. The van der Waals surface area contributed by atoms with Crippen LogP contribution in [0.2, 0.25) is 0 Å². The van der Waals surface area contributed by atoms with Crippen molar-refractivity contribution < 1.29 is 5.48 Å². The molecule has 1 aromatic rings. The van der Waals surface area contributed by atoms with Gasteiger partial charge in [0.15, 0.2) is 0 Å². The molecule has 0 atom stereocenters. The Morgan fingerprint density at radius 2 is 2.33 bits per heavy atom. The molecule has 0 aliphatic carbocycles. The number of aryl methyl sites for hydroxylation is 1. The fraction of sp³-hybridized carbons (Fsp3) is 0.429. The summed E-state index contributed by atoms with van der Waals surface area (Å²) in [4.78, 5) is 1.56. The predicted molar refractivity (Wildman–Crippen MR) is 41.6 cm³/mol. The molecule has 0 bridgehead atoms. The first-order chi connectivity index (χ1) is 3.93. The molecule has 52 valence electrons. The Bertz CT molecular complexity index is 135. The zero-order chi connectivity index (χ0) is 5.82. The molecule has 1 aromatic heterocycles. The standard InChI is InChI=1S/C7H10S.H2O/c1-2-4-7-5-3-6-8-7;/h3,5-6H,2,4H2,1H3;1H2. The van der Waals surface area contributed by atoms with Gasteiger partial charge < -0.3 is 5.48 Å². The van der Waals surface area contributed by atoms with E-state index < -0.39 is 0 Å². The van der Waals surface area contributed by atoms with Gasteiger partial charge in [-0.3, -0.25) is 0 Å². The third kappa shape index (κ3) is 2.63. The molecule has 0 saturated heterocycles. The van der Waals surface area contributed by atoms with Crippen LogP contribution in [0, 0.1) is 0 Å². The van der Waals surface area contributed by atoms with E-state index in [2.05, 4.69) is 24.4 Å². The van der Waals surface area contributed by atoms with E-state index in [0.717, 1.165) is 0 Å². The maximum absolute atomic E-state index is 2.22. The van der Waals surface area contributed by atoms with Crippen LogP contribution in [0.4, 0.5) is 0 Å². The lowest BCUT2D eigenvalue weighted by atomic mass is 10.3. The summed E-state index contributed by atoms with van der Waals surface area (Å²) in [6, 6.07) is 4.34. The van der Waals surface area contributed by atoms with E-state index in [1.807, 2.05) is 0 Å². The molecule has 2 heteroatoms. The summed E-state index contributed by atoms with van der Waals surface area (Å²) in [5.74, 6) is 0. The van der Waals surface area contributed by atoms with Crippen LogP contribution in [0.3, 0.4) is 0 Å². The first kappa shape index (κ1) is 8.66. The van der Waals surface area contributed by atoms with E-state index >= 15 is 0 Å². The summed E-state index contributed by atoms with van der Waals surface area (Å²) in [7, 11) is 0. The molecule has 1 heterocycles. The minimum absolute atomic E-state index is 0. The lowest BCUT2D eigenvalue weighted by molar-refractivity contribution is 0.824. The number of hydrogen-bond donors (Lipinski definition) is 0. The minimum Gasteiger partial charge on any atom is -0.870 e. The highest BCUT2D eigenvalue weighted by Gasteiger charge is 1.95. The Labute approximate surface area is 59.6 Å². The van der Waals surface area contributed by atoms with Crippen molar-refractivity contribution in [2.45, 2.75) is 19.8 Å². The maximum atomic E-state index is 2.22. The molecule has 9 heavy (non-hydrogen) atoms. The highest BCUT2D eigenvalue weighted by Crippen LogP contribution is 2.09. The van der Waals surface area contributed by atoms with Gasteiger partial charge in [-0.05, 0) is 29.9 Å². The van der Waals surface area contributed by atoms with Crippen LogP contribution in [0.1, 0.15) is 18.2 Å². The molecule has 0 aromatic carbocycles. The van der Waals surface area contributed by atoms with E-state index in [1.54, 1.807) is 4.88 Å². The van der Waals surface area contributed by atoms with Gasteiger partial charge in [0, 0.05) is 6.42 Å². The zero-order valence-electron chi connectivity index (χ0n) is 5.54. The highest BCUT2D eigenvalue weighted by atomic mass is 32.1. The van der Waals surface area contributed by atoms with Gasteiger partial charge in [-0.2, -0.15) is 0 Å². The van der Waals surface area contributed by atoms with Gasteiger partial charge in [0.25, 0.3) is 0 Å². The quantitative estimate of drug-likeness (QED) is 0.585. The van der Waals surface area contributed by atoms with Crippen molar-refractivity contribution in [3.63, 3.8) is 0 Å². The number of rotatable bonds is 2. The van der Waals surface area contributed by atoms with Gasteiger partial charge in [-0.15, -0.1) is 0 Å².